The van der Waals surface area contributed by atoms with E-state index in [1.54, 1.807) is 0 Å². The van der Waals surface area contributed by atoms with E-state index < -0.39 is 0 Å². The molecule has 4 N–H and O–H groups in total. The Morgan fingerprint density at radius 3 is 2.51 bits per heavy atom. The summed E-state index contributed by atoms with van der Waals surface area (Å²) in [6.45, 7) is 4.26. The van der Waals surface area contributed by atoms with Crippen molar-refractivity contribution >= 4 is 45.4 Å². The Kier molecular flexibility index (Phi) is 8.24. The summed E-state index contributed by atoms with van der Waals surface area (Å²) in [6.07, 6.45) is 11.5. The van der Waals surface area contributed by atoms with Crippen LogP contribution in [0.4, 0.5) is 5.82 Å². The number of imide groups is 1. The maximum absolute atomic E-state index is 11.8. The molecule has 9 nitrogen and oxygen atoms in total. The number of unbranched alkanes of at least 4 members (excludes halogenated alkanes) is 2. The summed E-state index contributed by atoms with van der Waals surface area (Å²) < 4.78 is 2.34. The van der Waals surface area contributed by atoms with Crippen molar-refractivity contribution < 1.29 is 9.59 Å². The maximum Gasteiger partial charge on any atom is 0.253 e. The van der Waals surface area contributed by atoms with E-state index in [1.165, 1.54) is 17.1 Å². The van der Waals surface area contributed by atoms with Crippen molar-refractivity contribution in [2.75, 3.05) is 18.8 Å². The molecule has 2 aliphatic rings. The maximum atomic E-state index is 11.8. The van der Waals surface area contributed by atoms with Crippen molar-refractivity contribution in [3.8, 4) is 0 Å². The first-order valence-corrected chi connectivity index (χ1v) is 14.3. The molecule has 9 heteroatoms. The Labute approximate surface area is 229 Å². The lowest BCUT2D eigenvalue weighted by Gasteiger charge is -2.30. The van der Waals surface area contributed by atoms with E-state index in [2.05, 4.69) is 22.5 Å². The molecule has 1 aromatic carbocycles. The number of carbonyl (C=O) groups excluding carboxylic acids is 2. The Morgan fingerprint density at radius 1 is 1.03 bits per heavy atom. The quantitative estimate of drug-likeness (QED) is 0.164. The first kappa shape index (κ1) is 26.8. The summed E-state index contributed by atoms with van der Waals surface area (Å²) >= 11 is 0. The lowest BCUT2D eigenvalue weighted by atomic mass is 9.81. The zero-order chi connectivity index (χ0) is 27.4. The molecule has 1 aliphatic heterocycles. The largest absolute Gasteiger partial charge is 0.387 e. The number of amidine groups is 1. The molecular weight excluding hydrogens is 490 g/mol. The summed E-state index contributed by atoms with van der Waals surface area (Å²) in [5.41, 5.74) is 15.5. The molecule has 3 heterocycles. The number of aliphatic imine (C=N–C) groups is 1. The molecule has 0 bridgehead atoms. The fraction of sp³-hybridized carbons (Fsp3) is 0.500. The average Bonchev–Trinajstić information content (AvgIpc) is 3.47. The van der Waals surface area contributed by atoms with E-state index in [0.29, 0.717) is 24.8 Å². The Balaban J connectivity index is 1.17. The smallest absolute Gasteiger partial charge is 0.253 e. The van der Waals surface area contributed by atoms with Crippen molar-refractivity contribution in [1.29, 1.82) is 0 Å². The van der Waals surface area contributed by atoms with Crippen molar-refractivity contribution in [2.45, 2.75) is 71.3 Å². The number of rotatable bonds is 11. The lowest BCUT2D eigenvalue weighted by Crippen LogP contribution is -2.37. The summed E-state index contributed by atoms with van der Waals surface area (Å²) in [7, 11) is 0. The molecular formula is C30H39N7O2. The first-order chi connectivity index (χ1) is 19.0. The minimum Gasteiger partial charge on any atom is -0.387 e. The number of nitrogens with two attached hydrogens (primary N) is 2. The molecule has 0 radical (unpaired) electrons. The number of aromatic nitrogens is 3. The highest BCUT2D eigenvalue weighted by atomic mass is 16.2. The third-order valence-corrected chi connectivity index (χ3v) is 8.13. The van der Waals surface area contributed by atoms with Crippen LogP contribution in [-0.2, 0) is 22.6 Å². The van der Waals surface area contributed by atoms with E-state index in [0.717, 1.165) is 97.9 Å². The molecule has 0 spiro atoms. The minimum atomic E-state index is -0.197. The van der Waals surface area contributed by atoms with E-state index in [-0.39, 0.29) is 17.7 Å². The third kappa shape index (κ3) is 5.82. The van der Waals surface area contributed by atoms with Crippen LogP contribution in [0.25, 0.3) is 21.9 Å². The molecule has 206 valence electrons. The molecule has 1 saturated carbocycles. The predicted molar refractivity (Wildman–Crippen MR) is 155 cm³/mol. The number of hydrogen-bond donors (Lipinski definition) is 2. The number of amides is 2. The number of imidazole rings is 1. The highest BCUT2D eigenvalue weighted by Crippen LogP contribution is 2.31. The van der Waals surface area contributed by atoms with E-state index in [1.807, 2.05) is 18.2 Å². The molecule has 5 rings (SSSR count). The first-order valence-electron chi connectivity index (χ1n) is 14.3. The number of nitrogens with zero attached hydrogens (tertiary/aromatic N) is 5. The number of fused-ring (bicyclic) bond motifs is 3. The second-order valence-electron chi connectivity index (χ2n) is 10.8. The minimum absolute atomic E-state index is 0.197. The van der Waals surface area contributed by atoms with Crippen LogP contribution in [0.3, 0.4) is 0 Å². The number of anilines is 1. The van der Waals surface area contributed by atoms with Crippen LogP contribution in [-0.4, -0.2) is 50.2 Å². The zero-order valence-corrected chi connectivity index (χ0v) is 22.8. The van der Waals surface area contributed by atoms with Crippen molar-refractivity contribution in [2.24, 2.45) is 22.6 Å². The van der Waals surface area contributed by atoms with Gasteiger partial charge in [-0.1, -0.05) is 31.5 Å². The van der Waals surface area contributed by atoms with Gasteiger partial charge >= 0.3 is 0 Å². The highest BCUT2D eigenvalue weighted by Gasteiger charge is 2.30. The molecule has 2 aromatic heterocycles. The van der Waals surface area contributed by atoms with Gasteiger partial charge in [0.1, 0.15) is 11.3 Å². The van der Waals surface area contributed by atoms with E-state index >= 15 is 0 Å². The summed E-state index contributed by atoms with van der Waals surface area (Å²) in [6, 6.07) is 8.13. The number of pyridine rings is 1. The van der Waals surface area contributed by atoms with Gasteiger partial charge in [-0.05, 0) is 56.9 Å². The molecule has 1 fully saturated rings. The molecule has 39 heavy (non-hydrogen) atoms. The van der Waals surface area contributed by atoms with Gasteiger partial charge in [-0.15, -0.1) is 0 Å². The lowest BCUT2D eigenvalue weighted by molar-refractivity contribution is -0.137. The topological polar surface area (TPSA) is 132 Å². The number of benzene rings is 1. The van der Waals surface area contributed by atoms with Gasteiger partial charge in [0, 0.05) is 49.5 Å². The standard InChI is InChI=1S/C30H39N7O2/c1-2-3-10-24-35-27-28(22-8-4-5-9-23(22)34-30(27)32)36(24)18-7-6-17-33-29(31)21-13-11-20(12-14-21)19-37-25(38)15-16-26(37)39/h4-5,8-9,15-16,20-21H,2-3,6-7,10-14,17-19H2,1H3,(H2,31,33)(H2,32,34). The third-order valence-electron chi connectivity index (χ3n) is 8.13. The zero-order valence-electron chi connectivity index (χ0n) is 22.8. The van der Waals surface area contributed by atoms with Crippen LogP contribution in [0.1, 0.15) is 64.1 Å². The molecule has 2 amide bonds. The summed E-state index contributed by atoms with van der Waals surface area (Å²) in [4.78, 5) is 39.3. The van der Waals surface area contributed by atoms with Gasteiger partial charge in [0.2, 0.25) is 0 Å². The SMILES string of the molecule is CCCCc1nc2c(N)nc3ccccc3c2n1CCCCN=C(N)C1CCC(CN2C(=O)C=CC2=O)CC1. The van der Waals surface area contributed by atoms with Gasteiger partial charge in [-0.25, -0.2) is 9.97 Å². The fourth-order valence-corrected chi connectivity index (χ4v) is 5.90. The second-order valence-corrected chi connectivity index (χ2v) is 10.8. The van der Waals surface area contributed by atoms with Crippen molar-refractivity contribution in [3.05, 3.63) is 42.2 Å². The van der Waals surface area contributed by atoms with Crippen molar-refractivity contribution in [1.82, 2.24) is 19.4 Å². The van der Waals surface area contributed by atoms with Crippen LogP contribution < -0.4 is 11.5 Å². The normalized spacial score (nSPS) is 20.1. The number of para-hydroxylation sites is 1. The fourth-order valence-electron chi connectivity index (χ4n) is 5.90. The second kappa shape index (κ2) is 12.0. The van der Waals surface area contributed by atoms with Gasteiger partial charge in [0.25, 0.3) is 11.8 Å². The van der Waals surface area contributed by atoms with Crippen LogP contribution in [0.15, 0.2) is 41.4 Å². The number of aryl methyl sites for hydroxylation is 2. The average molecular weight is 530 g/mol. The number of carbonyl (C=O) groups is 2. The van der Waals surface area contributed by atoms with Crippen molar-refractivity contribution in [3.63, 3.8) is 0 Å². The van der Waals surface area contributed by atoms with Gasteiger partial charge in [0.15, 0.2) is 5.82 Å². The van der Waals surface area contributed by atoms with E-state index in [9.17, 15) is 9.59 Å². The van der Waals surface area contributed by atoms with Gasteiger partial charge in [-0.2, -0.15) is 0 Å². The summed E-state index contributed by atoms with van der Waals surface area (Å²) in [5, 5.41) is 1.09. The van der Waals surface area contributed by atoms with Gasteiger partial charge < -0.3 is 16.0 Å². The van der Waals surface area contributed by atoms with Gasteiger partial charge in [-0.3, -0.25) is 19.5 Å². The molecule has 1 aliphatic carbocycles. The van der Waals surface area contributed by atoms with Gasteiger partial charge in [0.05, 0.1) is 16.9 Å². The Bertz CT molecular complexity index is 1400. The summed E-state index contributed by atoms with van der Waals surface area (Å²) in [5.74, 6) is 2.53. The van der Waals surface area contributed by atoms with Crippen LogP contribution >= 0.6 is 0 Å². The Hall–Kier alpha value is -3.75. The number of hydrogen-bond acceptors (Lipinski definition) is 6. The number of nitrogen functional groups attached to an aromatic ring is 1. The van der Waals surface area contributed by atoms with Crippen LogP contribution in [0.5, 0.6) is 0 Å². The predicted octanol–water partition coefficient (Wildman–Crippen LogP) is 4.38. The van der Waals surface area contributed by atoms with E-state index in [4.69, 9.17) is 21.4 Å². The van der Waals surface area contributed by atoms with Crippen LogP contribution in [0, 0.1) is 11.8 Å². The Morgan fingerprint density at radius 2 is 1.77 bits per heavy atom. The molecule has 0 atom stereocenters. The molecule has 0 saturated heterocycles. The molecule has 3 aromatic rings. The monoisotopic (exact) mass is 529 g/mol. The highest BCUT2D eigenvalue weighted by molar-refractivity contribution is 6.12. The van der Waals surface area contributed by atoms with Crippen LogP contribution in [0.2, 0.25) is 0 Å². The molecule has 0 unspecified atom stereocenters.